The average molecular weight is 257 g/mol. The van der Waals surface area contributed by atoms with Crippen LogP contribution in [0.5, 0.6) is 0 Å². The average Bonchev–Trinajstić information content (AvgIpc) is 2.84. The molecule has 1 rings (SSSR count). The predicted molar refractivity (Wildman–Crippen MR) is 75.9 cm³/mol. The Bertz CT molecular complexity index is 179. The zero-order valence-corrected chi connectivity index (χ0v) is 12.2. The summed E-state index contributed by atoms with van der Waals surface area (Å²) in [5.41, 5.74) is 0. The molecule has 1 fully saturated rings. The second-order valence-electron chi connectivity index (χ2n) is 5.82. The quantitative estimate of drug-likeness (QED) is 0.577. The summed E-state index contributed by atoms with van der Waals surface area (Å²) in [6.45, 7) is 10.5. The van der Waals surface area contributed by atoms with Gasteiger partial charge < -0.3 is 14.8 Å². The molecule has 0 aromatic carbocycles. The van der Waals surface area contributed by atoms with Gasteiger partial charge in [-0.15, -0.1) is 0 Å². The summed E-state index contributed by atoms with van der Waals surface area (Å²) in [4.78, 5) is 0. The Morgan fingerprint density at radius 2 is 2.06 bits per heavy atom. The van der Waals surface area contributed by atoms with Gasteiger partial charge in [-0.3, -0.25) is 0 Å². The van der Waals surface area contributed by atoms with Crippen molar-refractivity contribution in [3.8, 4) is 0 Å². The van der Waals surface area contributed by atoms with Crippen LogP contribution in [0.15, 0.2) is 0 Å². The first-order chi connectivity index (χ1) is 8.79. The maximum absolute atomic E-state index is 5.68. The summed E-state index contributed by atoms with van der Waals surface area (Å²) in [7, 11) is 0. The minimum Gasteiger partial charge on any atom is -0.381 e. The van der Waals surface area contributed by atoms with Crippen LogP contribution in [-0.2, 0) is 9.47 Å². The highest BCUT2D eigenvalue weighted by molar-refractivity contribution is 4.62. The lowest BCUT2D eigenvalue weighted by atomic mass is 10.1. The summed E-state index contributed by atoms with van der Waals surface area (Å²) in [6, 6.07) is 0. The van der Waals surface area contributed by atoms with Crippen molar-refractivity contribution in [1.29, 1.82) is 0 Å². The number of rotatable bonds is 11. The monoisotopic (exact) mass is 257 g/mol. The van der Waals surface area contributed by atoms with Crippen LogP contribution in [0.2, 0.25) is 0 Å². The Labute approximate surface area is 113 Å². The van der Waals surface area contributed by atoms with Gasteiger partial charge in [0.25, 0.3) is 0 Å². The summed E-state index contributed by atoms with van der Waals surface area (Å²) in [5.74, 6) is 1.42. The van der Waals surface area contributed by atoms with Gasteiger partial charge in [0.1, 0.15) is 0 Å². The Hall–Kier alpha value is -0.120. The van der Waals surface area contributed by atoms with E-state index in [1.807, 2.05) is 0 Å². The second kappa shape index (κ2) is 10.8. The number of ether oxygens (including phenoxy) is 2. The molecule has 0 aromatic heterocycles. The van der Waals surface area contributed by atoms with Crippen LogP contribution in [0.25, 0.3) is 0 Å². The molecule has 108 valence electrons. The van der Waals surface area contributed by atoms with E-state index in [0.717, 1.165) is 38.9 Å². The molecule has 3 heteroatoms. The van der Waals surface area contributed by atoms with Gasteiger partial charge in [0.05, 0.1) is 13.2 Å². The van der Waals surface area contributed by atoms with Crippen molar-refractivity contribution in [1.82, 2.24) is 5.32 Å². The molecule has 0 spiro atoms. The third kappa shape index (κ3) is 8.90. The van der Waals surface area contributed by atoms with E-state index in [9.17, 15) is 0 Å². The predicted octanol–water partition coefficient (Wildman–Crippen LogP) is 2.85. The molecule has 0 aliphatic carbocycles. The van der Waals surface area contributed by atoms with Crippen LogP contribution in [0.1, 0.15) is 46.0 Å². The molecule has 0 bridgehead atoms. The van der Waals surface area contributed by atoms with Gasteiger partial charge in [0, 0.05) is 19.1 Å². The minimum absolute atomic E-state index is 0.658. The van der Waals surface area contributed by atoms with Gasteiger partial charge in [0.15, 0.2) is 0 Å². The van der Waals surface area contributed by atoms with Crippen LogP contribution in [-0.4, -0.2) is 39.5 Å². The van der Waals surface area contributed by atoms with E-state index in [1.54, 1.807) is 0 Å². The highest BCUT2D eigenvalue weighted by Crippen LogP contribution is 2.12. The van der Waals surface area contributed by atoms with Crippen molar-refractivity contribution in [3.05, 3.63) is 0 Å². The Balaban J connectivity index is 1.70. The smallest absolute Gasteiger partial charge is 0.0517 e. The first-order valence-corrected chi connectivity index (χ1v) is 7.65. The van der Waals surface area contributed by atoms with E-state index in [2.05, 4.69) is 19.2 Å². The van der Waals surface area contributed by atoms with Gasteiger partial charge >= 0.3 is 0 Å². The lowest BCUT2D eigenvalue weighted by Crippen LogP contribution is -2.20. The number of hydrogen-bond donors (Lipinski definition) is 1. The van der Waals surface area contributed by atoms with E-state index >= 15 is 0 Å². The highest BCUT2D eigenvalue weighted by Gasteiger charge is 2.14. The Kier molecular flexibility index (Phi) is 9.54. The molecule has 0 saturated carbocycles. The maximum Gasteiger partial charge on any atom is 0.0517 e. The summed E-state index contributed by atoms with van der Waals surface area (Å²) in [6.07, 6.45) is 6.30. The summed E-state index contributed by atoms with van der Waals surface area (Å²) in [5, 5.41) is 3.48. The molecular weight excluding hydrogens is 226 g/mol. The molecular formula is C15H31NO2. The molecule has 18 heavy (non-hydrogen) atoms. The fraction of sp³-hybridized carbons (Fsp3) is 1.00. The van der Waals surface area contributed by atoms with E-state index in [1.165, 1.54) is 38.6 Å². The largest absolute Gasteiger partial charge is 0.381 e. The van der Waals surface area contributed by atoms with E-state index in [0.29, 0.717) is 5.92 Å². The normalized spacial score (nSPS) is 19.8. The zero-order valence-electron chi connectivity index (χ0n) is 12.2. The third-order valence-electron chi connectivity index (χ3n) is 3.32. The number of unbranched alkanes of at least 4 members (excludes halogenated alkanes) is 3. The molecule has 0 radical (unpaired) electrons. The van der Waals surface area contributed by atoms with Crippen LogP contribution < -0.4 is 5.32 Å². The van der Waals surface area contributed by atoms with E-state index in [-0.39, 0.29) is 0 Å². The standard InChI is InChI=1S/C15H31NO2/c1-14(2)11-16-8-5-3-4-6-9-17-12-15-7-10-18-13-15/h14-16H,3-13H2,1-2H3. The Morgan fingerprint density at radius 1 is 1.22 bits per heavy atom. The van der Waals surface area contributed by atoms with Crippen LogP contribution in [0.3, 0.4) is 0 Å². The molecule has 1 aliphatic heterocycles. The number of hydrogen-bond acceptors (Lipinski definition) is 3. The van der Waals surface area contributed by atoms with Crippen LogP contribution >= 0.6 is 0 Å². The second-order valence-corrected chi connectivity index (χ2v) is 5.82. The van der Waals surface area contributed by atoms with E-state index in [4.69, 9.17) is 9.47 Å². The molecule has 3 nitrogen and oxygen atoms in total. The van der Waals surface area contributed by atoms with Crippen molar-refractivity contribution in [2.75, 3.05) is 39.5 Å². The Morgan fingerprint density at radius 3 is 2.78 bits per heavy atom. The van der Waals surface area contributed by atoms with Crippen molar-refractivity contribution in [2.45, 2.75) is 46.0 Å². The molecule has 1 aliphatic rings. The van der Waals surface area contributed by atoms with Crippen molar-refractivity contribution in [3.63, 3.8) is 0 Å². The molecule has 1 heterocycles. The van der Waals surface area contributed by atoms with Gasteiger partial charge in [-0.1, -0.05) is 26.7 Å². The first-order valence-electron chi connectivity index (χ1n) is 7.65. The summed E-state index contributed by atoms with van der Waals surface area (Å²) >= 11 is 0. The van der Waals surface area contributed by atoms with Crippen LogP contribution in [0, 0.1) is 11.8 Å². The lowest BCUT2D eigenvalue weighted by molar-refractivity contribution is 0.0871. The summed E-state index contributed by atoms with van der Waals surface area (Å²) < 4.78 is 11.0. The fourth-order valence-corrected chi connectivity index (χ4v) is 2.16. The molecule has 1 N–H and O–H groups in total. The topological polar surface area (TPSA) is 30.5 Å². The van der Waals surface area contributed by atoms with Crippen molar-refractivity contribution < 1.29 is 9.47 Å². The maximum atomic E-state index is 5.68. The lowest BCUT2D eigenvalue weighted by Gasteiger charge is -2.09. The number of nitrogens with one attached hydrogen (secondary N) is 1. The van der Waals surface area contributed by atoms with Gasteiger partial charge in [0.2, 0.25) is 0 Å². The van der Waals surface area contributed by atoms with Crippen molar-refractivity contribution in [2.24, 2.45) is 11.8 Å². The molecule has 1 unspecified atom stereocenters. The van der Waals surface area contributed by atoms with Gasteiger partial charge in [-0.05, 0) is 38.3 Å². The highest BCUT2D eigenvalue weighted by atomic mass is 16.5. The van der Waals surface area contributed by atoms with Crippen LogP contribution in [0.4, 0.5) is 0 Å². The van der Waals surface area contributed by atoms with Gasteiger partial charge in [-0.2, -0.15) is 0 Å². The van der Waals surface area contributed by atoms with Crippen molar-refractivity contribution >= 4 is 0 Å². The minimum atomic E-state index is 0.658. The first kappa shape index (κ1) is 15.9. The molecule has 1 saturated heterocycles. The SMILES string of the molecule is CC(C)CNCCCCCCOCC1CCOC1. The fourth-order valence-electron chi connectivity index (χ4n) is 2.16. The molecule has 0 amide bonds. The van der Waals surface area contributed by atoms with E-state index < -0.39 is 0 Å². The third-order valence-corrected chi connectivity index (χ3v) is 3.32. The molecule has 0 aromatic rings. The molecule has 1 atom stereocenters. The zero-order chi connectivity index (χ0) is 13.1. The van der Waals surface area contributed by atoms with Gasteiger partial charge in [-0.25, -0.2) is 0 Å².